The molecule has 144 valence electrons. The molecule has 2 heterocycles. The molecule has 0 bridgehead atoms. The fourth-order valence-electron chi connectivity index (χ4n) is 2.63. The van der Waals surface area contributed by atoms with Crippen LogP contribution in [0.3, 0.4) is 0 Å². The Morgan fingerprint density at radius 3 is 2.31 bits per heavy atom. The Bertz CT molecular complexity index is 801. The largest absolute Gasteiger partial charge is 0.463 e. The van der Waals surface area contributed by atoms with Crippen molar-refractivity contribution in [2.75, 3.05) is 13.2 Å². The van der Waals surface area contributed by atoms with Crippen molar-refractivity contribution in [1.82, 2.24) is 9.55 Å². The number of aromatic nitrogens is 2. The van der Waals surface area contributed by atoms with Gasteiger partial charge in [0.25, 0.3) is 5.56 Å². The summed E-state index contributed by atoms with van der Waals surface area (Å²) in [5.41, 5.74) is -3.92. The molecule has 1 saturated heterocycles. The van der Waals surface area contributed by atoms with Gasteiger partial charge in [0, 0.05) is 19.8 Å². The molecule has 2 rings (SSSR count). The fraction of sp³-hybridized carbons (Fsp3) is 0.600. The monoisotopic (exact) mass is 376 g/mol. The number of esters is 2. The summed E-state index contributed by atoms with van der Waals surface area (Å²) in [6.45, 7) is 2.77. The molecule has 0 unspecified atom stereocenters. The fourth-order valence-corrected chi connectivity index (χ4v) is 2.63. The Morgan fingerprint density at radius 1 is 1.27 bits per heavy atom. The molecule has 0 aromatic carbocycles. The average molecular weight is 376 g/mol. The number of carbonyl (C=O) groups is 2. The second kappa shape index (κ2) is 7.36. The van der Waals surface area contributed by atoms with Crippen molar-refractivity contribution in [2.24, 2.45) is 5.92 Å². The minimum absolute atomic E-state index is 0.450. The van der Waals surface area contributed by atoms with Crippen LogP contribution in [-0.4, -0.2) is 46.5 Å². The van der Waals surface area contributed by atoms with Crippen molar-refractivity contribution >= 4 is 11.9 Å². The first-order chi connectivity index (χ1) is 12.1. The van der Waals surface area contributed by atoms with Gasteiger partial charge in [-0.1, -0.05) is 6.92 Å². The number of aromatic amines is 1. The number of ether oxygens (including phenoxy) is 3. The average Bonchev–Trinajstić information content (AvgIpc) is 2.80. The lowest BCUT2D eigenvalue weighted by molar-refractivity contribution is -0.177. The van der Waals surface area contributed by atoms with Crippen molar-refractivity contribution in [3.8, 4) is 0 Å². The molecule has 1 aliphatic rings. The molecule has 1 aromatic heterocycles. The van der Waals surface area contributed by atoms with Crippen LogP contribution >= 0.6 is 0 Å². The summed E-state index contributed by atoms with van der Waals surface area (Å²) in [6, 6.07) is 0. The molecule has 0 radical (unpaired) electrons. The maximum absolute atomic E-state index is 14.8. The zero-order chi connectivity index (χ0) is 19.6. The van der Waals surface area contributed by atoms with Gasteiger partial charge >= 0.3 is 17.6 Å². The molecular weight excluding hydrogens is 358 g/mol. The number of nitrogens with one attached hydrogen (secondary N) is 1. The smallest absolute Gasteiger partial charge is 0.330 e. The van der Waals surface area contributed by atoms with Crippen LogP contribution in [0.2, 0.25) is 0 Å². The van der Waals surface area contributed by atoms with E-state index in [0.29, 0.717) is 10.8 Å². The summed E-state index contributed by atoms with van der Waals surface area (Å²) < 4.78 is 44.3. The van der Waals surface area contributed by atoms with Gasteiger partial charge in [-0.2, -0.15) is 4.39 Å². The van der Waals surface area contributed by atoms with Gasteiger partial charge in [-0.05, 0) is 0 Å². The lowest BCUT2D eigenvalue weighted by Crippen LogP contribution is -2.46. The van der Waals surface area contributed by atoms with Crippen LogP contribution in [0.25, 0.3) is 0 Å². The Hall–Kier alpha value is -2.56. The van der Waals surface area contributed by atoms with Gasteiger partial charge in [0.2, 0.25) is 5.82 Å². The maximum Gasteiger partial charge on any atom is 0.330 e. The summed E-state index contributed by atoms with van der Waals surface area (Å²) in [5.74, 6) is -3.64. The van der Waals surface area contributed by atoms with E-state index in [4.69, 9.17) is 14.2 Å². The first kappa shape index (κ1) is 19.8. The van der Waals surface area contributed by atoms with E-state index in [-0.39, 0.29) is 0 Å². The lowest BCUT2D eigenvalue weighted by atomic mass is 9.89. The summed E-state index contributed by atoms with van der Waals surface area (Å²) in [6.07, 6.45) is -2.93. The standard InChI is InChI=1S/C15H18F2N2O7/c1-7-11(17)13(19-4-10(16)12(22)18-14(19)23)26-15(7,5-24-8(2)20)6-25-9(3)21/h4,7,11,13H,5-6H2,1-3H3,(H,18,22,23)/t7-,11-,13+/m0/s1. The van der Waals surface area contributed by atoms with E-state index in [9.17, 15) is 28.0 Å². The number of hydrogen-bond acceptors (Lipinski definition) is 7. The van der Waals surface area contributed by atoms with E-state index in [0.717, 1.165) is 13.8 Å². The number of H-pyrrole nitrogens is 1. The summed E-state index contributed by atoms with van der Waals surface area (Å²) in [5, 5.41) is 0. The third-order valence-electron chi connectivity index (χ3n) is 4.17. The molecule has 3 atom stereocenters. The molecular formula is C15H18F2N2O7. The molecule has 0 amide bonds. The van der Waals surface area contributed by atoms with Crippen LogP contribution in [-0.2, 0) is 23.8 Å². The molecule has 11 heteroatoms. The Labute approximate surface area is 145 Å². The van der Waals surface area contributed by atoms with Crippen molar-refractivity contribution in [3.63, 3.8) is 0 Å². The zero-order valence-corrected chi connectivity index (χ0v) is 14.3. The predicted molar refractivity (Wildman–Crippen MR) is 81.5 cm³/mol. The highest BCUT2D eigenvalue weighted by atomic mass is 19.1. The van der Waals surface area contributed by atoms with Crippen LogP contribution in [0.1, 0.15) is 27.0 Å². The molecule has 0 aliphatic carbocycles. The van der Waals surface area contributed by atoms with Gasteiger partial charge in [-0.25, -0.2) is 9.18 Å². The minimum atomic E-state index is -1.84. The van der Waals surface area contributed by atoms with Crippen LogP contribution in [0.5, 0.6) is 0 Å². The van der Waals surface area contributed by atoms with Crippen molar-refractivity contribution in [2.45, 2.75) is 38.8 Å². The molecule has 9 nitrogen and oxygen atoms in total. The topological polar surface area (TPSA) is 117 Å². The summed E-state index contributed by atoms with van der Waals surface area (Å²) in [7, 11) is 0. The second-order valence-electron chi connectivity index (χ2n) is 6.01. The number of nitrogens with zero attached hydrogens (tertiary/aromatic N) is 1. The first-order valence-corrected chi connectivity index (χ1v) is 7.67. The van der Waals surface area contributed by atoms with Gasteiger partial charge in [0.15, 0.2) is 12.4 Å². The number of alkyl halides is 1. The Balaban J connectivity index is 2.41. The SMILES string of the molecule is CC(=O)OCC1(COC(C)=O)O[C@@H](n2cc(F)c(=O)[nH]c2=O)[C@@H](F)[C@@H]1C. The zero-order valence-electron chi connectivity index (χ0n) is 14.3. The molecule has 1 aliphatic heterocycles. The number of rotatable bonds is 5. The van der Waals surface area contributed by atoms with Crippen LogP contribution in [0.4, 0.5) is 8.78 Å². The molecule has 0 saturated carbocycles. The van der Waals surface area contributed by atoms with E-state index in [1.807, 2.05) is 0 Å². The Morgan fingerprint density at radius 2 is 1.81 bits per heavy atom. The van der Waals surface area contributed by atoms with E-state index >= 15 is 0 Å². The lowest BCUT2D eigenvalue weighted by Gasteiger charge is -2.31. The van der Waals surface area contributed by atoms with Gasteiger partial charge in [-0.15, -0.1) is 0 Å². The van der Waals surface area contributed by atoms with E-state index in [1.54, 1.807) is 4.98 Å². The summed E-state index contributed by atoms with van der Waals surface area (Å²) >= 11 is 0. The van der Waals surface area contributed by atoms with Crippen molar-refractivity contribution < 1.29 is 32.6 Å². The van der Waals surface area contributed by atoms with Crippen LogP contribution < -0.4 is 11.2 Å². The van der Waals surface area contributed by atoms with Gasteiger partial charge in [0.1, 0.15) is 18.8 Å². The molecule has 1 fully saturated rings. The van der Waals surface area contributed by atoms with Crippen molar-refractivity contribution in [1.29, 1.82) is 0 Å². The normalized spacial score (nSPS) is 24.3. The molecule has 26 heavy (non-hydrogen) atoms. The second-order valence-corrected chi connectivity index (χ2v) is 6.01. The molecule has 0 spiro atoms. The van der Waals surface area contributed by atoms with Gasteiger partial charge in [0.05, 0.1) is 6.20 Å². The maximum atomic E-state index is 14.8. The van der Waals surface area contributed by atoms with Crippen molar-refractivity contribution in [3.05, 3.63) is 32.9 Å². The Kier molecular flexibility index (Phi) is 5.59. The van der Waals surface area contributed by atoms with E-state index < -0.39 is 66.1 Å². The third kappa shape index (κ3) is 3.82. The number of halogens is 2. The third-order valence-corrected chi connectivity index (χ3v) is 4.17. The molecule has 1 aromatic rings. The van der Waals surface area contributed by atoms with Crippen LogP contribution in [0, 0.1) is 11.7 Å². The minimum Gasteiger partial charge on any atom is -0.463 e. The highest BCUT2D eigenvalue weighted by Crippen LogP contribution is 2.43. The first-order valence-electron chi connectivity index (χ1n) is 7.67. The predicted octanol–water partition coefficient (Wildman–Crippen LogP) is 0.0437. The van der Waals surface area contributed by atoms with E-state index in [2.05, 4.69) is 0 Å². The quantitative estimate of drug-likeness (QED) is 0.722. The highest BCUT2D eigenvalue weighted by molar-refractivity contribution is 5.66. The number of carbonyl (C=O) groups excluding carboxylic acids is 2. The number of hydrogen-bond donors (Lipinski definition) is 1. The molecule has 1 N–H and O–H groups in total. The van der Waals surface area contributed by atoms with Crippen LogP contribution in [0.15, 0.2) is 15.8 Å². The van der Waals surface area contributed by atoms with Gasteiger partial charge < -0.3 is 14.2 Å². The highest BCUT2D eigenvalue weighted by Gasteiger charge is 2.56. The van der Waals surface area contributed by atoms with Gasteiger partial charge in [-0.3, -0.25) is 23.9 Å². The van der Waals surface area contributed by atoms with E-state index in [1.165, 1.54) is 6.92 Å². The summed E-state index contributed by atoms with van der Waals surface area (Å²) in [4.78, 5) is 47.0.